The molecule has 0 aromatic carbocycles. The third-order valence-electron chi connectivity index (χ3n) is 3.33. The molecule has 2 unspecified atom stereocenters. The monoisotopic (exact) mass is 205 g/mol. The summed E-state index contributed by atoms with van der Waals surface area (Å²) in [6, 6.07) is 0. The molecule has 1 heterocycles. The summed E-state index contributed by atoms with van der Waals surface area (Å²) >= 11 is 0. The Balaban J connectivity index is 0.000000404. The lowest BCUT2D eigenvalue weighted by Gasteiger charge is -2.28. The molecule has 0 bridgehead atoms. The molecule has 0 aromatic heterocycles. The molecule has 2 aliphatic carbocycles. The Hall–Kier alpha value is -1.05. The number of fused-ring (bicyclic) bond motifs is 2. The molecule has 1 amide bonds. The maximum Gasteiger partial charge on any atom is 0.253 e. The van der Waals surface area contributed by atoms with Gasteiger partial charge in [-0.2, -0.15) is 0 Å². The minimum Gasteiger partial charge on any atom is -0.341 e. The summed E-state index contributed by atoms with van der Waals surface area (Å²) in [6.45, 7) is 4.89. The van der Waals surface area contributed by atoms with Gasteiger partial charge in [0.15, 0.2) is 0 Å². The van der Waals surface area contributed by atoms with Crippen LogP contribution in [0.15, 0.2) is 23.3 Å². The molecule has 2 nitrogen and oxygen atoms in total. The molecule has 3 rings (SSSR count). The van der Waals surface area contributed by atoms with E-state index in [1.165, 1.54) is 12.0 Å². The molecule has 0 spiro atoms. The highest BCUT2D eigenvalue weighted by atomic mass is 16.2. The Morgan fingerprint density at radius 2 is 1.93 bits per heavy atom. The van der Waals surface area contributed by atoms with Gasteiger partial charge in [0.2, 0.25) is 0 Å². The van der Waals surface area contributed by atoms with Crippen LogP contribution in [0.2, 0.25) is 0 Å². The average Bonchev–Trinajstić information content (AvgIpc) is 3.02. The van der Waals surface area contributed by atoms with Crippen LogP contribution in [0.4, 0.5) is 0 Å². The number of likely N-dealkylation sites (tertiary alicyclic amines) is 1. The second-order valence-electron chi connectivity index (χ2n) is 4.31. The quantitative estimate of drug-likeness (QED) is 0.594. The molecule has 15 heavy (non-hydrogen) atoms. The van der Waals surface area contributed by atoms with Gasteiger partial charge in [-0.05, 0) is 30.3 Å². The zero-order valence-corrected chi connectivity index (χ0v) is 9.79. The molecule has 82 valence electrons. The number of piperidine rings is 1. The Kier molecular flexibility index (Phi) is 2.68. The van der Waals surface area contributed by atoms with E-state index in [2.05, 4.69) is 12.2 Å². The van der Waals surface area contributed by atoms with Crippen LogP contribution in [0, 0.1) is 11.8 Å². The van der Waals surface area contributed by atoms with E-state index >= 15 is 0 Å². The highest BCUT2D eigenvalue weighted by molar-refractivity contribution is 5.99. The lowest BCUT2D eigenvalue weighted by molar-refractivity contribution is -0.126. The first kappa shape index (κ1) is 10.5. The van der Waals surface area contributed by atoms with Crippen molar-refractivity contribution in [1.29, 1.82) is 0 Å². The molecule has 0 radical (unpaired) electrons. The first-order chi connectivity index (χ1) is 7.25. The van der Waals surface area contributed by atoms with Crippen LogP contribution in [0.3, 0.4) is 0 Å². The second kappa shape index (κ2) is 3.84. The van der Waals surface area contributed by atoms with Crippen molar-refractivity contribution in [2.45, 2.75) is 26.7 Å². The van der Waals surface area contributed by atoms with E-state index in [-0.39, 0.29) is 5.91 Å². The third kappa shape index (κ3) is 1.73. The first-order valence-corrected chi connectivity index (χ1v) is 5.94. The Bertz CT molecular complexity index is 340. The largest absolute Gasteiger partial charge is 0.341 e. The molecule has 0 aromatic rings. The maximum atomic E-state index is 11.7. The van der Waals surface area contributed by atoms with Gasteiger partial charge in [-0.3, -0.25) is 4.79 Å². The molecule has 2 fully saturated rings. The lowest BCUT2D eigenvalue weighted by Crippen LogP contribution is -2.35. The highest BCUT2D eigenvalue weighted by Crippen LogP contribution is 2.47. The number of nitrogens with zero attached hydrogens (tertiary/aromatic N) is 1. The van der Waals surface area contributed by atoms with Crippen molar-refractivity contribution in [2.24, 2.45) is 11.8 Å². The topological polar surface area (TPSA) is 20.3 Å². The van der Waals surface area contributed by atoms with Crippen molar-refractivity contribution in [3.05, 3.63) is 23.3 Å². The fourth-order valence-corrected chi connectivity index (χ4v) is 2.31. The van der Waals surface area contributed by atoms with Crippen LogP contribution in [0.5, 0.6) is 0 Å². The zero-order chi connectivity index (χ0) is 11.0. The number of carbonyl (C=O) groups excluding carboxylic acids is 1. The molecular formula is C13H19NO. The van der Waals surface area contributed by atoms with Crippen LogP contribution in [0.25, 0.3) is 0 Å². The fourth-order valence-electron chi connectivity index (χ4n) is 2.31. The van der Waals surface area contributed by atoms with Crippen LogP contribution >= 0.6 is 0 Å². The van der Waals surface area contributed by atoms with Crippen molar-refractivity contribution in [3.8, 4) is 0 Å². The van der Waals surface area contributed by atoms with E-state index in [1.54, 1.807) is 0 Å². The third-order valence-corrected chi connectivity index (χ3v) is 3.33. The van der Waals surface area contributed by atoms with Gasteiger partial charge in [0.25, 0.3) is 5.91 Å². The number of amides is 1. The Morgan fingerprint density at radius 1 is 1.27 bits per heavy atom. The SMILES string of the molecule is CC.CN1CCC2=CC3CC3C=C2C1=O. The number of allylic oxidation sites excluding steroid dienone is 2. The predicted molar refractivity (Wildman–Crippen MR) is 61.4 cm³/mol. The van der Waals surface area contributed by atoms with Crippen molar-refractivity contribution in [2.75, 3.05) is 13.6 Å². The molecule has 2 atom stereocenters. The summed E-state index contributed by atoms with van der Waals surface area (Å²) in [6.07, 6.45) is 6.84. The lowest BCUT2D eigenvalue weighted by atomic mass is 9.91. The molecule has 0 N–H and O–H groups in total. The van der Waals surface area contributed by atoms with Crippen LogP contribution < -0.4 is 0 Å². The average molecular weight is 205 g/mol. The molecule has 3 aliphatic rings. The number of hydrogen-bond donors (Lipinski definition) is 0. The number of likely N-dealkylation sites (N-methyl/N-ethyl adjacent to an activating group) is 1. The van der Waals surface area contributed by atoms with E-state index in [9.17, 15) is 4.79 Å². The van der Waals surface area contributed by atoms with Crippen molar-refractivity contribution < 1.29 is 4.79 Å². The van der Waals surface area contributed by atoms with Gasteiger partial charge in [-0.1, -0.05) is 26.0 Å². The zero-order valence-electron chi connectivity index (χ0n) is 9.79. The summed E-state index contributed by atoms with van der Waals surface area (Å²) in [5.41, 5.74) is 2.30. The van der Waals surface area contributed by atoms with Gasteiger partial charge in [0.1, 0.15) is 0 Å². The van der Waals surface area contributed by atoms with E-state index in [1.807, 2.05) is 25.8 Å². The van der Waals surface area contributed by atoms with Gasteiger partial charge in [0.05, 0.1) is 0 Å². The maximum absolute atomic E-state index is 11.7. The van der Waals surface area contributed by atoms with Gasteiger partial charge in [-0.25, -0.2) is 0 Å². The predicted octanol–water partition coefficient (Wildman–Crippen LogP) is 2.38. The minimum atomic E-state index is 0.225. The standard InChI is InChI=1S/C11H13NO.C2H6/c1-12-3-2-7-4-8-5-9(8)6-10(7)11(12)13;1-2/h4,6,8-9H,2-3,5H2,1H3;1-2H3. The first-order valence-electron chi connectivity index (χ1n) is 5.94. The van der Waals surface area contributed by atoms with E-state index < -0.39 is 0 Å². The van der Waals surface area contributed by atoms with Crippen molar-refractivity contribution in [3.63, 3.8) is 0 Å². The van der Waals surface area contributed by atoms with Crippen molar-refractivity contribution >= 4 is 5.91 Å². The molecule has 2 heteroatoms. The van der Waals surface area contributed by atoms with Crippen LogP contribution in [-0.4, -0.2) is 24.4 Å². The second-order valence-corrected chi connectivity index (χ2v) is 4.31. The fraction of sp³-hybridized carbons (Fsp3) is 0.615. The molecule has 1 saturated heterocycles. The van der Waals surface area contributed by atoms with Gasteiger partial charge in [0, 0.05) is 19.2 Å². The van der Waals surface area contributed by atoms with E-state index in [0.717, 1.165) is 24.5 Å². The summed E-state index contributed by atoms with van der Waals surface area (Å²) in [5.74, 6) is 1.69. The normalized spacial score (nSPS) is 31.7. The number of rotatable bonds is 0. The van der Waals surface area contributed by atoms with E-state index in [0.29, 0.717) is 5.92 Å². The van der Waals surface area contributed by atoms with Gasteiger partial charge >= 0.3 is 0 Å². The van der Waals surface area contributed by atoms with Crippen LogP contribution in [-0.2, 0) is 4.79 Å². The Labute approximate surface area is 91.6 Å². The summed E-state index contributed by atoms with van der Waals surface area (Å²) < 4.78 is 0. The molecular weight excluding hydrogens is 186 g/mol. The molecule has 1 aliphatic heterocycles. The summed E-state index contributed by atoms with van der Waals surface area (Å²) in [5, 5.41) is 0. The van der Waals surface area contributed by atoms with Crippen molar-refractivity contribution in [1.82, 2.24) is 4.90 Å². The highest BCUT2D eigenvalue weighted by Gasteiger charge is 2.40. The smallest absolute Gasteiger partial charge is 0.253 e. The summed E-state index contributed by atoms with van der Waals surface area (Å²) in [7, 11) is 1.89. The van der Waals surface area contributed by atoms with Gasteiger partial charge < -0.3 is 4.90 Å². The van der Waals surface area contributed by atoms with Gasteiger partial charge in [-0.15, -0.1) is 0 Å². The Morgan fingerprint density at radius 3 is 2.67 bits per heavy atom. The molecule has 1 saturated carbocycles. The minimum absolute atomic E-state index is 0.225. The summed E-state index contributed by atoms with van der Waals surface area (Å²) in [4.78, 5) is 13.6. The number of carbonyl (C=O) groups is 1. The van der Waals surface area contributed by atoms with E-state index in [4.69, 9.17) is 0 Å². The van der Waals surface area contributed by atoms with Crippen LogP contribution in [0.1, 0.15) is 26.7 Å². The number of hydrogen-bond acceptors (Lipinski definition) is 1.